The maximum atomic E-state index is 11.5. The molecular formula is C11H11IO4. The third-order valence-electron chi connectivity index (χ3n) is 1.69. The molecule has 4 nitrogen and oxygen atoms in total. The van der Waals surface area contributed by atoms with E-state index >= 15 is 0 Å². The minimum atomic E-state index is -0.540. The predicted molar refractivity (Wildman–Crippen MR) is 66.1 cm³/mol. The van der Waals surface area contributed by atoms with E-state index in [0.29, 0.717) is 5.56 Å². The number of ether oxygens (including phenoxy) is 2. The molecule has 0 radical (unpaired) electrons. The molecule has 0 atom stereocenters. The van der Waals surface area contributed by atoms with Crippen LogP contribution in [0.4, 0.5) is 0 Å². The van der Waals surface area contributed by atoms with Crippen LogP contribution >= 0.6 is 22.6 Å². The van der Waals surface area contributed by atoms with Crippen LogP contribution in [0.5, 0.6) is 0 Å². The lowest BCUT2D eigenvalue weighted by Gasteiger charge is -2.04. The van der Waals surface area contributed by atoms with Crippen molar-refractivity contribution in [3.63, 3.8) is 0 Å². The zero-order valence-corrected chi connectivity index (χ0v) is 10.9. The van der Waals surface area contributed by atoms with E-state index in [4.69, 9.17) is 4.74 Å². The average molecular weight is 334 g/mol. The number of hydrogen-bond donors (Lipinski definition) is 0. The van der Waals surface area contributed by atoms with Gasteiger partial charge >= 0.3 is 11.9 Å². The lowest BCUT2D eigenvalue weighted by atomic mass is 10.2. The third-order valence-corrected chi connectivity index (χ3v) is 2.36. The molecule has 0 unspecified atom stereocenters. The third kappa shape index (κ3) is 4.18. The van der Waals surface area contributed by atoms with Crippen LogP contribution < -0.4 is 0 Å². The number of halogens is 1. The molecule has 5 heteroatoms. The molecule has 0 saturated carbocycles. The van der Waals surface area contributed by atoms with Crippen LogP contribution in [0.1, 0.15) is 17.3 Å². The Kier molecular flexibility index (Phi) is 5.24. The number of carbonyl (C=O) groups excluding carboxylic acids is 2. The van der Waals surface area contributed by atoms with Crippen molar-refractivity contribution < 1.29 is 19.1 Å². The van der Waals surface area contributed by atoms with E-state index in [1.165, 1.54) is 0 Å². The van der Waals surface area contributed by atoms with Crippen LogP contribution in [-0.2, 0) is 14.3 Å². The van der Waals surface area contributed by atoms with Gasteiger partial charge in [-0.15, -0.1) is 0 Å². The molecule has 0 fully saturated rings. The first-order valence-electron chi connectivity index (χ1n) is 4.71. The zero-order valence-electron chi connectivity index (χ0n) is 8.73. The zero-order chi connectivity index (χ0) is 12.0. The highest BCUT2D eigenvalue weighted by atomic mass is 127. The summed E-state index contributed by atoms with van der Waals surface area (Å²) >= 11 is 2.09. The van der Waals surface area contributed by atoms with Gasteiger partial charge in [-0.3, -0.25) is 0 Å². The molecule has 0 aliphatic rings. The van der Waals surface area contributed by atoms with Crippen molar-refractivity contribution in [2.75, 3.05) is 13.2 Å². The van der Waals surface area contributed by atoms with Gasteiger partial charge in [0.25, 0.3) is 0 Å². The fourth-order valence-electron chi connectivity index (χ4n) is 1.03. The highest BCUT2D eigenvalue weighted by Crippen LogP contribution is 2.08. The first kappa shape index (κ1) is 13.0. The Labute approximate surface area is 107 Å². The SMILES string of the molecule is CCOC(=O)COC(=O)c1cccc(I)c1. The Morgan fingerprint density at radius 2 is 2.06 bits per heavy atom. The van der Waals surface area contributed by atoms with Gasteiger partial charge in [0.15, 0.2) is 6.61 Å². The summed E-state index contributed by atoms with van der Waals surface area (Å²) in [6.07, 6.45) is 0. The summed E-state index contributed by atoms with van der Waals surface area (Å²) in [5.74, 6) is -1.06. The fraction of sp³-hybridized carbons (Fsp3) is 0.273. The molecular weight excluding hydrogens is 323 g/mol. The van der Waals surface area contributed by atoms with Crippen LogP contribution in [0.3, 0.4) is 0 Å². The normalized spacial score (nSPS) is 9.62. The van der Waals surface area contributed by atoms with Gasteiger partial charge in [0.05, 0.1) is 12.2 Å². The number of rotatable bonds is 4. The molecule has 1 rings (SSSR count). The quantitative estimate of drug-likeness (QED) is 0.624. The van der Waals surface area contributed by atoms with Gasteiger partial charge in [-0.1, -0.05) is 6.07 Å². The maximum Gasteiger partial charge on any atom is 0.344 e. The highest BCUT2D eigenvalue weighted by Gasteiger charge is 2.10. The van der Waals surface area contributed by atoms with E-state index in [0.717, 1.165) is 3.57 Å². The molecule has 0 aromatic heterocycles. The van der Waals surface area contributed by atoms with Crippen molar-refractivity contribution in [1.82, 2.24) is 0 Å². The molecule has 0 amide bonds. The lowest BCUT2D eigenvalue weighted by molar-refractivity contribution is -0.146. The van der Waals surface area contributed by atoms with Crippen LogP contribution in [0, 0.1) is 3.57 Å². The Bertz CT molecular complexity index is 389. The summed E-state index contributed by atoms with van der Waals surface area (Å²) in [5, 5.41) is 0. The molecule has 0 saturated heterocycles. The standard InChI is InChI=1S/C11H11IO4/c1-2-15-10(13)7-16-11(14)8-4-3-5-9(12)6-8/h3-6H,2,7H2,1H3. The first-order valence-corrected chi connectivity index (χ1v) is 5.79. The van der Waals surface area contributed by atoms with E-state index in [9.17, 15) is 9.59 Å². The lowest BCUT2D eigenvalue weighted by Crippen LogP contribution is -2.16. The summed E-state index contributed by atoms with van der Waals surface area (Å²) in [6, 6.07) is 6.94. The van der Waals surface area contributed by atoms with Crippen LogP contribution in [0.15, 0.2) is 24.3 Å². The largest absolute Gasteiger partial charge is 0.463 e. The summed E-state index contributed by atoms with van der Waals surface area (Å²) in [5.41, 5.74) is 0.427. The second-order valence-electron chi connectivity index (χ2n) is 2.89. The van der Waals surface area contributed by atoms with E-state index < -0.39 is 11.9 Å². The van der Waals surface area contributed by atoms with E-state index in [-0.39, 0.29) is 13.2 Å². The Morgan fingerprint density at radius 3 is 2.69 bits per heavy atom. The minimum absolute atomic E-state index is 0.277. The summed E-state index contributed by atoms with van der Waals surface area (Å²) in [6.45, 7) is 1.62. The Hall–Kier alpha value is -1.11. The average Bonchev–Trinajstić information content (AvgIpc) is 2.26. The van der Waals surface area contributed by atoms with Gasteiger partial charge in [0.1, 0.15) is 0 Å². The molecule has 0 spiro atoms. The van der Waals surface area contributed by atoms with Gasteiger partial charge in [-0.2, -0.15) is 0 Å². The summed E-state index contributed by atoms with van der Waals surface area (Å²) in [7, 11) is 0. The predicted octanol–water partition coefficient (Wildman–Crippen LogP) is 2.01. The Morgan fingerprint density at radius 1 is 1.31 bits per heavy atom. The molecule has 0 aliphatic heterocycles. The van der Waals surface area contributed by atoms with Crippen LogP contribution in [0.25, 0.3) is 0 Å². The molecule has 1 aromatic rings. The topological polar surface area (TPSA) is 52.6 Å². The molecule has 0 N–H and O–H groups in total. The summed E-state index contributed by atoms with van der Waals surface area (Å²) < 4.78 is 10.3. The maximum absolute atomic E-state index is 11.5. The Balaban J connectivity index is 2.50. The van der Waals surface area contributed by atoms with Gasteiger partial charge in [0.2, 0.25) is 0 Å². The van der Waals surface area contributed by atoms with Gasteiger partial charge in [0, 0.05) is 3.57 Å². The van der Waals surface area contributed by atoms with Crippen molar-refractivity contribution in [3.05, 3.63) is 33.4 Å². The number of benzene rings is 1. The molecule has 0 bridgehead atoms. The van der Waals surface area contributed by atoms with Gasteiger partial charge in [-0.05, 0) is 47.7 Å². The first-order chi connectivity index (χ1) is 7.63. The smallest absolute Gasteiger partial charge is 0.344 e. The molecule has 16 heavy (non-hydrogen) atoms. The van der Waals surface area contributed by atoms with Crippen molar-refractivity contribution in [2.24, 2.45) is 0 Å². The van der Waals surface area contributed by atoms with Crippen LogP contribution in [-0.4, -0.2) is 25.2 Å². The number of esters is 2. The van der Waals surface area contributed by atoms with Crippen LogP contribution in [0.2, 0.25) is 0 Å². The highest BCUT2D eigenvalue weighted by molar-refractivity contribution is 14.1. The van der Waals surface area contributed by atoms with Crippen molar-refractivity contribution in [1.29, 1.82) is 0 Å². The van der Waals surface area contributed by atoms with E-state index in [1.807, 2.05) is 6.07 Å². The molecule has 0 aliphatic carbocycles. The van der Waals surface area contributed by atoms with Gasteiger partial charge < -0.3 is 9.47 Å². The molecule has 86 valence electrons. The van der Waals surface area contributed by atoms with Crippen molar-refractivity contribution in [2.45, 2.75) is 6.92 Å². The van der Waals surface area contributed by atoms with Crippen molar-refractivity contribution in [3.8, 4) is 0 Å². The molecule has 0 heterocycles. The summed E-state index contributed by atoms with van der Waals surface area (Å²) in [4.78, 5) is 22.4. The number of carbonyl (C=O) groups is 2. The monoisotopic (exact) mass is 334 g/mol. The van der Waals surface area contributed by atoms with Crippen molar-refractivity contribution >= 4 is 34.5 Å². The second-order valence-corrected chi connectivity index (χ2v) is 4.14. The number of hydrogen-bond acceptors (Lipinski definition) is 4. The minimum Gasteiger partial charge on any atom is -0.463 e. The fourth-order valence-corrected chi connectivity index (χ4v) is 1.57. The molecule has 1 aromatic carbocycles. The van der Waals surface area contributed by atoms with E-state index in [1.54, 1.807) is 25.1 Å². The van der Waals surface area contributed by atoms with E-state index in [2.05, 4.69) is 27.3 Å². The van der Waals surface area contributed by atoms with Gasteiger partial charge in [-0.25, -0.2) is 9.59 Å². The second kappa shape index (κ2) is 6.47.